The third-order valence-corrected chi connectivity index (χ3v) is 4.95. The Kier molecular flexibility index (Phi) is 4.40. The molecule has 2 heterocycles. The quantitative estimate of drug-likeness (QED) is 0.712. The van der Waals surface area contributed by atoms with Gasteiger partial charge in [-0.2, -0.15) is 0 Å². The molecular weight excluding hydrogens is 378 g/mol. The molecule has 1 aliphatic heterocycles. The number of benzene rings is 2. The second-order valence-electron chi connectivity index (χ2n) is 6.24. The third-order valence-electron chi connectivity index (χ3n) is 4.46. The van der Waals surface area contributed by atoms with Crippen molar-refractivity contribution >= 4 is 44.7 Å². The van der Waals surface area contributed by atoms with Crippen molar-refractivity contribution in [2.24, 2.45) is 0 Å². The van der Waals surface area contributed by atoms with Gasteiger partial charge in [0, 0.05) is 23.2 Å². The van der Waals surface area contributed by atoms with Crippen molar-refractivity contribution in [3.63, 3.8) is 0 Å². The molecule has 0 aliphatic carbocycles. The molecule has 2 aromatic carbocycles. The normalized spacial score (nSPS) is 14.7. The van der Waals surface area contributed by atoms with Crippen molar-refractivity contribution in [1.82, 2.24) is 9.97 Å². The number of halogens is 1. The van der Waals surface area contributed by atoms with E-state index in [1.165, 1.54) is 12.8 Å². The first kappa shape index (κ1) is 16.1. The first-order valence-corrected chi connectivity index (χ1v) is 9.21. The van der Waals surface area contributed by atoms with Crippen molar-refractivity contribution in [2.45, 2.75) is 12.8 Å². The van der Waals surface area contributed by atoms with E-state index < -0.39 is 0 Å². The molecule has 0 atom stereocenters. The van der Waals surface area contributed by atoms with Crippen LogP contribution in [0.4, 0.5) is 5.69 Å². The Morgan fingerprint density at radius 1 is 1.08 bits per heavy atom. The van der Waals surface area contributed by atoms with Crippen LogP contribution in [-0.2, 0) is 0 Å². The molecule has 5 heteroatoms. The minimum atomic E-state index is -0.0973. The van der Waals surface area contributed by atoms with E-state index >= 15 is 0 Å². The second-order valence-corrected chi connectivity index (χ2v) is 7.15. The average Bonchev–Trinajstić information content (AvgIpc) is 3.14. The maximum absolute atomic E-state index is 12.5. The number of hydrogen-bond acceptors (Lipinski definition) is 3. The Morgan fingerprint density at radius 3 is 2.72 bits per heavy atom. The van der Waals surface area contributed by atoms with Crippen molar-refractivity contribution in [2.75, 3.05) is 18.0 Å². The van der Waals surface area contributed by atoms with E-state index in [0.717, 1.165) is 34.3 Å². The zero-order valence-corrected chi connectivity index (χ0v) is 15.3. The summed E-state index contributed by atoms with van der Waals surface area (Å²) in [6.45, 7) is 2.12. The molecule has 1 aromatic heterocycles. The van der Waals surface area contributed by atoms with Gasteiger partial charge in [0.2, 0.25) is 0 Å². The van der Waals surface area contributed by atoms with Gasteiger partial charge >= 0.3 is 0 Å². The van der Waals surface area contributed by atoms with Crippen molar-refractivity contribution in [3.8, 4) is 0 Å². The molecule has 0 bridgehead atoms. The topological polar surface area (TPSA) is 49.0 Å². The highest BCUT2D eigenvalue weighted by atomic mass is 79.9. The van der Waals surface area contributed by atoms with Crippen molar-refractivity contribution in [3.05, 3.63) is 68.7 Å². The number of aromatic amines is 1. The highest BCUT2D eigenvalue weighted by Crippen LogP contribution is 2.23. The van der Waals surface area contributed by atoms with Gasteiger partial charge in [-0.1, -0.05) is 34.1 Å². The Hall–Kier alpha value is -2.40. The molecule has 0 saturated carbocycles. The van der Waals surface area contributed by atoms with Gasteiger partial charge in [-0.05, 0) is 54.8 Å². The fourth-order valence-corrected chi connectivity index (χ4v) is 3.60. The minimum absolute atomic E-state index is 0.0973. The summed E-state index contributed by atoms with van der Waals surface area (Å²) < 4.78 is 1.02. The number of hydrogen-bond donors (Lipinski definition) is 1. The van der Waals surface area contributed by atoms with E-state index in [1.807, 2.05) is 48.6 Å². The van der Waals surface area contributed by atoms with Crippen LogP contribution in [0.25, 0.3) is 23.1 Å². The second kappa shape index (κ2) is 6.84. The minimum Gasteiger partial charge on any atom is -0.372 e. The van der Waals surface area contributed by atoms with Gasteiger partial charge in [0.25, 0.3) is 5.56 Å². The van der Waals surface area contributed by atoms with E-state index in [2.05, 4.69) is 36.9 Å². The summed E-state index contributed by atoms with van der Waals surface area (Å²) >= 11 is 3.46. The lowest BCUT2D eigenvalue weighted by atomic mass is 10.2. The van der Waals surface area contributed by atoms with Gasteiger partial charge in [-0.25, -0.2) is 4.98 Å². The number of fused-ring (bicyclic) bond motifs is 1. The standard InChI is InChI=1S/C20H18BrN3O/c21-15-5-3-4-14(12-15)6-9-19-22-18-8-7-16(24-10-1-2-11-24)13-17(18)20(25)23-19/h3-9,12-13H,1-2,10-11H2,(H,22,23,25)/b9-6+. The Balaban J connectivity index is 1.67. The number of nitrogens with zero attached hydrogens (tertiary/aromatic N) is 2. The number of anilines is 1. The van der Waals surface area contributed by atoms with Gasteiger partial charge in [-0.15, -0.1) is 0 Å². The van der Waals surface area contributed by atoms with E-state index in [-0.39, 0.29) is 5.56 Å². The fraction of sp³-hybridized carbons (Fsp3) is 0.200. The van der Waals surface area contributed by atoms with E-state index in [4.69, 9.17) is 0 Å². The predicted molar refractivity (Wildman–Crippen MR) is 107 cm³/mol. The van der Waals surface area contributed by atoms with Gasteiger partial charge < -0.3 is 9.88 Å². The van der Waals surface area contributed by atoms with E-state index in [1.54, 1.807) is 0 Å². The predicted octanol–water partition coefficient (Wildman–Crippen LogP) is 4.46. The lowest BCUT2D eigenvalue weighted by Gasteiger charge is -2.17. The summed E-state index contributed by atoms with van der Waals surface area (Å²) in [5.74, 6) is 0.561. The van der Waals surface area contributed by atoms with E-state index in [9.17, 15) is 4.79 Å². The van der Waals surface area contributed by atoms with Gasteiger partial charge in [-0.3, -0.25) is 4.79 Å². The highest BCUT2D eigenvalue weighted by molar-refractivity contribution is 9.10. The number of aromatic nitrogens is 2. The van der Waals surface area contributed by atoms with Crippen LogP contribution in [0.3, 0.4) is 0 Å². The lowest BCUT2D eigenvalue weighted by Crippen LogP contribution is -2.18. The molecule has 0 amide bonds. The zero-order valence-electron chi connectivity index (χ0n) is 13.7. The van der Waals surface area contributed by atoms with Crippen molar-refractivity contribution in [1.29, 1.82) is 0 Å². The average molecular weight is 396 g/mol. The van der Waals surface area contributed by atoms with Crippen LogP contribution in [0.2, 0.25) is 0 Å². The molecule has 1 fully saturated rings. The van der Waals surface area contributed by atoms with Crippen LogP contribution in [0.15, 0.2) is 51.7 Å². The molecule has 1 aliphatic rings. The number of H-pyrrole nitrogens is 1. The molecule has 4 nitrogen and oxygen atoms in total. The Labute approximate surface area is 154 Å². The Bertz CT molecular complexity index is 1000. The van der Waals surface area contributed by atoms with Crippen LogP contribution in [0.1, 0.15) is 24.2 Å². The molecule has 1 saturated heterocycles. The molecule has 0 spiro atoms. The molecule has 1 N–H and O–H groups in total. The summed E-state index contributed by atoms with van der Waals surface area (Å²) in [5.41, 5.74) is 2.77. The maximum Gasteiger partial charge on any atom is 0.259 e. The zero-order chi connectivity index (χ0) is 17.2. The molecule has 0 radical (unpaired) electrons. The van der Waals surface area contributed by atoms with E-state index in [0.29, 0.717) is 11.2 Å². The lowest BCUT2D eigenvalue weighted by molar-refractivity contribution is 0.949. The Morgan fingerprint density at radius 2 is 1.92 bits per heavy atom. The summed E-state index contributed by atoms with van der Waals surface area (Å²) in [5, 5.41) is 0.643. The largest absolute Gasteiger partial charge is 0.372 e. The monoisotopic (exact) mass is 395 g/mol. The van der Waals surface area contributed by atoms with Crippen LogP contribution < -0.4 is 10.5 Å². The molecule has 4 rings (SSSR count). The number of nitrogens with one attached hydrogen (secondary N) is 1. The molecule has 3 aromatic rings. The highest BCUT2D eigenvalue weighted by Gasteiger charge is 2.13. The third kappa shape index (κ3) is 3.51. The SMILES string of the molecule is O=c1[nH]c(/C=C/c2cccc(Br)c2)nc2ccc(N3CCCC3)cc12. The van der Waals surface area contributed by atoms with Crippen molar-refractivity contribution < 1.29 is 0 Å². The molecule has 0 unspecified atom stereocenters. The molecular formula is C20H18BrN3O. The first-order chi connectivity index (χ1) is 12.2. The van der Waals surface area contributed by atoms with Gasteiger partial charge in [0.1, 0.15) is 5.82 Å². The summed E-state index contributed by atoms with van der Waals surface area (Å²) in [7, 11) is 0. The smallest absolute Gasteiger partial charge is 0.259 e. The molecule has 126 valence electrons. The van der Waals surface area contributed by atoms with Gasteiger partial charge in [0.05, 0.1) is 10.9 Å². The number of rotatable bonds is 3. The fourth-order valence-electron chi connectivity index (χ4n) is 3.18. The maximum atomic E-state index is 12.5. The van der Waals surface area contributed by atoms with Crippen LogP contribution in [-0.4, -0.2) is 23.1 Å². The van der Waals surface area contributed by atoms with Crippen LogP contribution >= 0.6 is 15.9 Å². The van der Waals surface area contributed by atoms with Crippen LogP contribution in [0.5, 0.6) is 0 Å². The summed E-state index contributed by atoms with van der Waals surface area (Å²) in [6, 6.07) is 13.9. The van der Waals surface area contributed by atoms with Crippen LogP contribution in [0, 0.1) is 0 Å². The first-order valence-electron chi connectivity index (χ1n) is 8.42. The summed E-state index contributed by atoms with van der Waals surface area (Å²) in [6.07, 6.45) is 6.20. The summed E-state index contributed by atoms with van der Waals surface area (Å²) in [4.78, 5) is 22.2. The van der Waals surface area contributed by atoms with Gasteiger partial charge in [0.15, 0.2) is 0 Å². The molecule has 25 heavy (non-hydrogen) atoms.